The Bertz CT molecular complexity index is 668. The van der Waals surface area contributed by atoms with Crippen LogP contribution in [-0.2, 0) is 4.79 Å². The lowest BCUT2D eigenvalue weighted by molar-refractivity contribution is -0.114. The molecule has 0 unspecified atom stereocenters. The third kappa shape index (κ3) is 4.71. The van der Waals surface area contributed by atoms with Gasteiger partial charge in [-0.1, -0.05) is 28.1 Å². The van der Waals surface area contributed by atoms with E-state index in [0.29, 0.717) is 5.56 Å². The van der Waals surface area contributed by atoms with Gasteiger partial charge in [0.2, 0.25) is 5.91 Å². The predicted molar refractivity (Wildman–Crippen MR) is 94.5 cm³/mol. The minimum Gasteiger partial charge on any atom is -0.326 e. The van der Waals surface area contributed by atoms with Gasteiger partial charge < -0.3 is 5.32 Å². The minimum absolute atomic E-state index is 0.0980. The highest BCUT2D eigenvalue weighted by molar-refractivity contribution is 9.10. The van der Waals surface area contributed by atoms with Crippen LogP contribution in [0.15, 0.2) is 57.9 Å². The third-order valence-electron chi connectivity index (χ3n) is 2.99. The van der Waals surface area contributed by atoms with Crippen molar-refractivity contribution in [3.8, 4) is 0 Å². The zero-order valence-electron chi connectivity index (χ0n) is 12.3. The zero-order chi connectivity index (χ0) is 16.1. The summed E-state index contributed by atoms with van der Waals surface area (Å²) >= 11 is 4.87. The molecule has 0 aliphatic heterocycles. The summed E-state index contributed by atoms with van der Waals surface area (Å²) in [6, 6.07) is 14.9. The first-order chi connectivity index (χ1) is 10.5. The lowest BCUT2D eigenvalue weighted by Crippen LogP contribution is -2.13. The van der Waals surface area contributed by atoms with Gasteiger partial charge in [0.1, 0.15) is 0 Å². The molecule has 1 N–H and O–H groups in total. The summed E-state index contributed by atoms with van der Waals surface area (Å²) in [6.07, 6.45) is 0. The topological polar surface area (TPSA) is 46.2 Å². The van der Waals surface area contributed by atoms with E-state index in [9.17, 15) is 9.59 Å². The number of rotatable bonds is 5. The Hall–Kier alpha value is -1.59. The fourth-order valence-electron chi connectivity index (χ4n) is 1.93. The molecule has 0 fully saturated rings. The average Bonchev–Trinajstić information content (AvgIpc) is 2.49. The zero-order valence-corrected chi connectivity index (χ0v) is 14.7. The molecule has 3 nitrogen and oxygen atoms in total. The van der Waals surface area contributed by atoms with Gasteiger partial charge in [0.25, 0.3) is 0 Å². The maximum Gasteiger partial charge on any atom is 0.221 e. The lowest BCUT2D eigenvalue weighted by Gasteiger charge is -2.11. The molecule has 2 aromatic rings. The number of anilines is 1. The maximum absolute atomic E-state index is 12.4. The van der Waals surface area contributed by atoms with Crippen molar-refractivity contribution in [2.24, 2.45) is 0 Å². The molecule has 0 bridgehead atoms. The van der Waals surface area contributed by atoms with Crippen LogP contribution in [0.1, 0.15) is 24.2 Å². The summed E-state index contributed by atoms with van der Waals surface area (Å²) in [6.45, 7) is 3.37. The number of halogens is 1. The number of nitrogens with one attached hydrogen (secondary N) is 1. The maximum atomic E-state index is 12.4. The van der Waals surface area contributed by atoms with Crippen LogP contribution in [0.5, 0.6) is 0 Å². The van der Waals surface area contributed by atoms with Crippen LogP contribution in [-0.4, -0.2) is 16.9 Å². The van der Waals surface area contributed by atoms with Crippen LogP contribution in [0, 0.1) is 0 Å². The fraction of sp³-hybridized carbons (Fsp3) is 0.176. The first-order valence-corrected chi connectivity index (χ1v) is 8.47. The van der Waals surface area contributed by atoms with Crippen molar-refractivity contribution in [3.63, 3.8) is 0 Å². The molecule has 22 heavy (non-hydrogen) atoms. The summed E-state index contributed by atoms with van der Waals surface area (Å²) in [5.74, 6) is 0.00243. The van der Waals surface area contributed by atoms with Gasteiger partial charge in [-0.25, -0.2) is 0 Å². The van der Waals surface area contributed by atoms with E-state index < -0.39 is 0 Å². The van der Waals surface area contributed by atoms with Crippen molar-refractivity contribution in [1.82, 2.24) is 0 Å². The van der Waals surface area contributed by atoms with E-state index in [-0.39, 0.29) is 16.9 Å². The van der Waals surface area contributed by atoms with E-state index >= 15 is 0 Å². The molecule has 0 saturated heterocycles. The summed E-state index contributed by atoms with van der Waals surface area (Å²) in [4.78, 5) is 24.4. The molecule has 5 heteroatoms. The Balaban J connectivity index is 2.01. The number of hydrogen-bond acceptors (Lipinski definition) is 3. The molecular formula is C17H16BrNO2S. The molecule has 0 aliphatic carbocycles. The highest BCUT2D eigenvalue weighted by Gasteiger charge is 2.16. The second-order valence-electron chi connectivity index (χ2n) is 4.84. The number of thioether (sulfide) groups is 1. The Morgan fingerprint density at radius 2 is 1.64 bits per heavy atom. The van der Waals surface area contributed by atoms with E-state index in [1.54, 1.807) is 0 Å². The Morgan fingerprint density at radius 3 is 2.18 bits per heavy atom. The van der Waals surface area contributed by atoms with Gasteiger partial charge in [-0.15, -0.1) is 11.8 Å². The van der Waals surface area contributed by atoms with Gasteiger partial charge in [0.05, 0.1) is 5.25 Å². The second kappa shape index (κ2) is 7.61. The number of carbonyl (C=O) groups is 2. The lowest BCUT2D eigenvalue weighted by atomic mass is 10.1. The van der Waals surface area contributed by atoms with Crippen molar-refractivity contribution < 1.29 is 9.59 Å². The largest absolute Gasteiger partial charge is 0.326 e. The molecule has 0 heterocycles. The number of Topliss-reactive ketones (excluding diaryl/α,β-unsaturated/α-hetero) is 1. The van der Waals surface area contributed by atoms with Crippen LogP contribution >= 0.6 is 27.7 Å². The van der Waals surface area contributed by atoms with Crippen LogP contribution in [0.25, 0.3) is 0 Å². The van der Waals surface area contributed by atoms with Crippen LogP contribution in [0.2, 0.25) is 0 Å². The van der Waals surface area contributed by atoms with E-state index in [0.717, 1.165) is 15.1 Å². The van der Waals surface area contributed by atoms with E-state index in [1.165, 1.54) is 18.7 Å². The predicted octanol–water partition coefficient (Wildman–Crippen LogP) is 4.77. The van der Waals surface area contributed by atoms with E-state index in [1.807, 2.05) is 55.5 Å². The summed E-state index contributed by atoms with van der Waals surface area (Å²) in [7, 11) is 0. The molecule has 0 radical (unpaired) electrons. The number of benzene rings is 2. The molecular weight excluding hydrogens is 362 g/mol. The number of hydrogen-bond donors (Lipinski definition) is 1. The fourth-order valence-corrected chi connectivity index (χ4v) is 3.14. The summed E-state index contributed by atoms with van der Waals surface area (Å²) < 4.78 is 0.956. The highest BCUT2D eigenvalue weighted by Crippen LogP contribution is 2.27. The van der Waals surface area contributed by atoms with Crippen molar-refractivity contribution >= 4 is 45.1 Å². The SMILES string of the molecule is CC(=O)Nc1ccc(S[C@@H](C)C(=O)c2ccc(Br)cc2)cc1. The summed E-state index contributed by atoms with van der Waals surface area (Å²) in [5, 5.41) is 2.55. The first kappa shape index (κ1) is 16.8. The van der Waals surface area contributed by atoms with Gasteiger partial charge in [-0.05, 0) is 43.3 Å². The standard InChI is InChI=1S/C17H16BrNO2S/c1-11(17(21)13-3-5-14(18)6-4-13)22-16-9-7-15(8-10-16)19-12(2)20/h3-11H,1-2H3,(H,19,20)/t11-/m0/s1. The first-order valence-electron chi connectivity index (χ1n) is 6.80. The van der Waals surface area contributed by atoms with Gasteiger partial charge in [-0.2, -0.15) is 0 Å². The Morgan fingerprint density at radius 1 is 1.05 bits per heavy atom. The van der Waals surface area contributed by atoms with Crippen LogP contribution < -0.4 is 5.32 Å². The van der Waals surface area contributed by atoms with Crippen molar-refractivity contribution in [2.75, 3.05) is 5.32 Å². The van der Waals surface area contributed by atoms with Crippen molar-refractivity contribution in [2.45, 2.75) is 24.0 Å². The minimum atomic E-state index is -0.173. The average molecular weight is 378 g/mol. The summed E-state index contributed by atoms with van der Waals surface area (Å²) in [5.41, 5.74) is 1.46. The van der Waals surface area contributed by atoms with Gasteiger partial charge in [0.15, 0.2) is 5.78 Å². The number of carbonyl (C=O) groups excluding carboxylic acids is 2. The molecule has 0 aliphatic rings. The molecule has 0 spiro atoms. The van der Waals surface area contributed by atoms with Crippen LogP contribution in [0.3, 0.4) is 0 Å². The Kier molecular flexibility index (Phi) is 5.80. The van der Waals surface area contributed by atoms with Crippen LogP contribution in [0.4, 0.5) is 5.69 Å². The molecule has 1 atom stereocenters. The highest BCUT2D eigenvalue weighted by atomic mass is 79.9. The normalized spacial score (nSPS) is 11.8. The number of amides is 1. The molecule has 0 saturated carbocycles. The molecule has 1 amide bonds. The van der Waals surface area contributed by atoms with Gasteiger partial charge >= 0.3 is 0 Å². The molecule has 114 valence electrons. The third-order valence-corrected chi connectivity index (χ3v) is 4.63. The molecule has 2 rings (SSSR count). The van der Waals surface area contributed by atoms with Crippen molar-refractivity contribution in [1.29, 1.82) is 0 Å². The van der Waals surface area contributed by atoms with Gasteiger partial charge in [-0.3, -0.25) is 9.59 Å². The monoisotopic (exact) mass is 377 g/mol. The number of ketones is 1. The smallest absolute Gasteiger partial charge is 0.221 e. The second-order valence-corrected chi connectivity index (χ2v) is 7.17. The molecule has 0 aromatic heterocycles. The van der Waals surface area contributed by atoms with Crippen molar-refractivity contribution in [3.05, 3.63) is 58.6 Å². The Labute approximate surface area is 142 Å². The quantitative estimate of drug-likeness (QED) is 0.602. The van der Waals surface area contributed by atoms with Gasteiger partial charge in [0, 0.05) is 27.5 Å². The van der Waals surface area contributed by atoms with E-state index in [4.69, 9.17) is 0 Å². The van der Waals surface area contributed by atoms with E-state index in [2.05, 4.69) is 21.2 Å². The molecule has 2 aromatic carbocycles.